The Hall–Kier alpha value is -0.810. The topological polar surface area (TPSA) is 47.0 Å². The lowest BCUT2D eigenvalue weighted by atomic mass is 10.3. The van der Waals surface area contributed by atoms with Gasteiger partial charge in [0.25, 0.3) is 0 Å². The number of hydrogen-bond donors (Lipinski definition) is 1. The second kappa shape index (κ2) is 9.15. The summed E-state index contributed by atoms with van der Waals surface area (Å²) in [5.74, 6) is 2.65. The van der Waals surface area contributed by atoms with Crippen molar-refractivity contribution in [2.45, 2.75) is 51.2 Å². The Morgan fingerprint density at radius 1 is 1.37 bits per heavy atom. The average Bonchev–Trinajstić information content (AvgIpc) is 2.42. The number of aromatic nitrogens is 2. The van der Waals surface area contributed by atoms with E-state index in [-0.39, 0.29) is 0 Å². The Bertz CT molecular complexity index is 374. The van der Waals surface area contributed by atoms with Gasteiger partial charge in [-0.3, -0.25) is 0 Å². The molecule has 1 aromatic rings. The van der Waals surface area contributed by atoms with Gasteiger partial charge in [-0.25, -0.2) is 9.97 Å². The van der Waals surface area contributed by atoms with E-state index in [2.05, 4.69) is 36.1 Å². The predicted octanol–water partition coefficient (Wildman–Crippen LogP) is 3.48. The summed E-state index contributed by atoms with van der Waals surface area (Å²) in [6.45, 7) is 8.05. The molecule has 0 radical (unpaired) electrons. The summed E-state index contributed by atoms with van der Waals surface area (Å²) < 4.78 is 5.16. The third-order valence-electron chi connectivity index (χ3n) is 2.75. The largest absolute Gasteiger partial charge is 0.378 e. The highest BCUT2D eigenvalue weighted by molar-refractivity contribution is 7.99. The monoisotopic (exact) mass is 283 g/mol. The van der Waals surface area contributed by atoms with E-state index in [0.717, 1.165) is 36.1 Å². The van der Waals surface area contributed by atoms with E-state index in [4.69, 9.17) is 4.74 Å². The van der Waals surface area contributed by atoms with Crippen LogP contribution in [-0.4, -0.2) is 28.9 Å². The first-order chi connectivity index (χ1) is 9.19. The number of anilines is 1. The van der Waals surface area contributed by atoms with Crippen LogP contribution in [-0.2, 0) is 17.1 Å². The number of methoxy groups -OCH3 is 1. The number of thioether (sulfide) groups is 1. The third-order valence-corrected chi connectivity index (χ3v) is 4.07. The number of nitrogens with one attached hydrogen (secondary N) is 1. The van der Waals surface area contributed by atoms with Gasteiger partial charge in [-0.2, -0.15) is 11.8 Å². The maximum absolute atomic E-state index is 5.16. The van der Waals surface area contributed by atoms with E-state index in [1.807, 2.05) is 17.8 Å². The molecule has 1 heterocycles. The van der Waals surface area contributed by atoms with Crippen molar-refractivity contribution in [2.24, 2.45) is 0 Å². The van der Waals surface area contributed by atoms with Crippen LogP contribution in [0.15, 0.2) is 6.07 Å². The average molecular weight is 283 g/mol. The summed E-state index contributed by atoms with van der Waals surface area (Å²) in [6.07, 6.45) is 2.25. The molecule has 0 aliphatic heterocycles. The van der Waals surface area contributed by atoms with Crippen LogP contribution < -0.4 is 5.32 Å². The van der Waals surface area contributed by atoms with Crippen LogP contribution >= 0.6 is 11.8 Å². The smallest absolute Gasteiger partial charge is 0.140 e. The second-order valence-corrected chi connectivity index (χ2v) is 5.98. The number of rotatable bonds is 9. The summed E-state index contributed by atoms with van der Waals surface area (Å²) >= 11 is 1.90. The van der Waals surface area contributed by atoms with Crippen LogP contribution in [0.1, 0.15) is 45.1 Å². The van der Waals surface area contributed by atoms with E-state index >= 15 is 0 Å². The van der Waals surface area contributed by atoms with Crippen molar-refractivity contribution < 1.29 is 4.74 Å². The van der Waals surface area contributed by atoms with Crippen LogP contribution in [0.4, 0.5) is 5.82 Å². The Balaban J connectivity index is 2.73. The molecule has 0 aliphatic carbocycles. The second-order valence-electron chi connectivity index (χ2n) is 4.55. The van der Waals surface area contributed by atoms with Crippen molar-refractivity contribution >= 4 is 17.6 Å². The molecule has 19 heavy (non-hydrogen) atoms. The van der Waals surface area contributed by atoms with E-state index in [1.54, 1.807) is 7.11 Å². The summed E-state index contributed by atoms with van der Waals surface area (Å²) in [5, 5.41) is 3.96. The molecule has 5 heteroatoms. The fourth-order valence-corrected chi connectivity index (χ4v) is 2.32. The highest BCUT2D eigenvalue weighted by atomic mass is 32.2. The minimum Gasteiger partial charge on any atom is -0.378 e. The summed E-state index contributed by atoms with van der Waals surface area (Å²) in [5.41, 5.74) is 0.941. The van der Waals surface area contributed by atoms with Gasteiger partial charge in [0.2, 0.25) is 0 Å². The molecule has 1 unspecified atom stereocenters. The van der Waals surface area contributed by atoms with Crippen LogP contribution in [0.2, 0.25) is 0 Å². The van der Waals surface area contributed by atoms with Gasteiger partial charge in [-0.1, -0.05) is 20.8 Å². The molecule has 0 bridgehead atoms. The minimum atomic E-state index is 0.532. The standard InChI is InChI=1S/C14H25N3OS/c1-5-7-15-13-8-12(9-18-4)16-14(17-13)10-19-11(3)6-2/h8,11H,5-7,9-10H2,1-4H3,(H,15,16,17). The van der Waals surface area contributed by atoms with Crippen LogP contribution in [0.25, 0.3) is 0 Å². The van der Waals surface area contributed by atoms with E-state index in [9.17, 15) is 0 Å². The lowest BCUT2D eigenvalue weighted by Gasteiger charge is -2.11. The van der Waals surface area contributed by atoms with E-state index in [0.29, 0.717) is 11.9 Å². The van der Waals surface area contributed by atoms with E-state index in [1.165, 1.54) is 6.42 Å². The van der Waals surface area contributed by atoms with Gasteiger partial charge < -0.3 is 10.1 Å². The van der Waals surface area contributed by atoms with Crippen molar-refractivity contribution in [3.05, 3.63) is 17.6 Å². The molecule has 0 amide bonds. The molecule has 1 aromatic heterocycles. The van der Waals surface area contributed by atoms with Gasteiger partial charge in [0.15, 0.2) is 0 Å². The maximum atomic E-state index is 5.16. The quantitative estimate of drug-likeness (QED) is 0.752. The zero-order valence-electron chi connectivity index (χ0n) is 12.4. The van der Waals surface area contributed by atoms with Crippen molar-refractivity contribution in [1.82, 2.24) is 9.97 Å². The Labute approximate surface area is 120 Å². The summed E-state index contributed by atoms with van der Waals surface area (Å²) in [6, 6.07) is 1.97. The number of nitrogens with zero attached hydrogens (tertiary/aromatic N) is 2. The van der Waals surface area contributed by atoms with Crippen molar-refractivity contribution in [3.63, 3.8) is 0 Å². The zero-order valence-corrected chi connectivity index (χ0v) is 13.2. The molecule has 0 aliphatic rings. The number of hydrogen-bond acceptors (Lipinski definition) is 5. The van der Waals surface area contributed by atoms with Crippen LogP contribution in [0.3, 0.4) is 0 Å². The molecule has 0 fully saturated rings. The summed E-state index contributed by atoms with van der Waals surface area (Å²) in [4.78, 5) is 9.10. The normalized spacial score (nSPS) is 12.4. The molecular weight excluding hydrogens is 258 g/mol. The molecule has 4 nitrogen and oxygen atoms in total. The van der Waals surface area contributed by atoms with Gasteiger partial charge in [0.05, 0.1) is 18.1 Å². The molecule has 1 N–H and O–H groups in total. The zero-order chi connectivity index (χ0) is 14.1. The minimum absolute atomic E-state index is 0.532. The molecule has 0 saturated heterocycles. The molecule has 1 rings (SSSR count). The van der Waals surface area contributed by atoms with Gasteiger partial charge in [0, 0.05) is 25.0 Å². The van der Waals surface area contributed by atoms with Gasteiger partial charge >= 0.3 is 0 Å². The van der Waals surface area contributed by atoms with E-state index < -0.39 is 0 Å². The molecule has 0 saturated carbocycles. The number of ether oxygens (including phenoxy) is 1. The SMILES string of the molecule is CCCNc1cc(COC)nc(CSC(C)CC)n1. The lowest BCUT2D eigenvalue weighted by molar-refractivity contribution is 0.181. The first kappa shape index (κ1) is 16.2. The Kier molecular flexibility index (Phi) is 7.82. The van der Waals surface area contributed by atoms with Gasteiger partial charge in [0.1, 0.15) is 11.6 Å². The molecule has 0 aromatic carbocycles. The highest BCUT2D eigenvalue weighted by Gasteiger charge is 2.07. The van der Waals surface area contributed by atoms with Crippen molar-refractivity contribution in [3.8, 4) is 0 Å². The predicted molar refractivity (Wildman–Crippen MR) is 82.6 cm³/mol. The van der Waals surface area contributed by atoms with Gasteiger partial charge in [-0.15, -0.1) is 0 Å². The first-order valence-corrected chi connectivity index (χ1v) is 7.95. The lowest BCUT2D eigenvalue weighted by Crippen LogP contribution is -2.08. The molecular formula is C14H25N3OS. The maximum Gasteiger partial charge on any atom is 0.140 e. The molecule has 0 spiro atoms. The molecule has 108 valence electrons. The third kappa shape index (κ3) is 6.25. The Morgan fingerprint density at radius 3 is 2.79 bits per heavy atom. The van der Waals surface area contributed by atoms with Crippen LogP contribution in [0, 0.1) is 0 Å². The van der Waals surface area contributed by atoms with Crippen LogP contribution in [0.5, 0.6) is 0 Å². The summed E-state index contributed by atoms with van der Waals surface area (Å²) in [7, 11) is 1.69. The fraction of sp³-hybridized carbons (Fsp3) is 0.714. The fourth-order valence-electron chi connectivity index (χ4n) is 1.52. The first-order valence-electron chi connectivity index (χ1n) is 6.90. The van der Waals surface area contributed by atoms with Gasteiger partial charge in [-0.05, 0) is 12.8 Å². The Morgan fingerprint density at radius 2 is 2.16 bits per heavy atom. The molecule has 1 atom stereocenters. The van der Waals surface area contributed by atoms with Crippen molar-refractivity contribution in [2.75, 3.05) is 19.0 Å². The van der Waals surface area contributed by atoms with Crippen molar-refractivity contribution in [1.29, 1.82) is 0 Å². The highest BCUT2D eigenvalue weighted by Crippen LogP contribution is 2.19.